The van der Waals surface area contributed by atoms with Gasteiger partial charge in [-0.1, -0.05) is 88.4 Å². The normalized spacial score (nSPS) is 16.8. The maximum Gasteiger partial charge on any atom is 0.265 e. The lowest BCUT2D eigenvalue weighted by molar-refractivity contribution is 0.0873. The summed E-state index contributed by atoms with van der Waals surface area (Å²) in [5, 5.41) is 0.728. The minimum Gasteiger partial charge on any atom is -0.268 e. The van der Waals surface area contributed by atoms with Crippen molar-refractivity contribution in [3.63, 3.8) is 0 Å². The third kappa shape index (κ3) is 3.80. The van der Waals surface area contributed by atoms with Gasteiger partial charge in [0.25, 0.3) is 23.6 Å². The molecule has 0 N–H and O–H groups in total. The molecule has 4 amide bonds. The summed E-state index contributed by atoms with van der Waals surface area (Å²) in [6.07, 6.45) is 3.51. The van der Waals surface area contributed by atoms with Crippen LogP contribution >= 0.6 is 0 Å². The Morgan fingerprint density at radius 1 is 0.370 bits per heavy atom. The first kappa shape index (κ1) is 32.5. The fraction of sp³-hybridized carbons (Fsp3) is 0.208. The highest BCUT2D eigenvalue weighted by atomic mass is 16.2. The van der Waals surface area contributed by atoms with Gasteiger partial charge in [-0.15, -0.1) is 0 Å². The van der Waals surface area contributed by atoms with Gasteiger partial charge in [0.05, 0.1) is 11.4 Å². The van der Waals surface area contributed by atoms with E-state index in [0.717, 1.165) is 47.9 Å². The maximum absolute atomic E-state index is 14.5. The summed E-state index contributed by atoms with van der Waals surface area (Å²) in [4.78, 5) is 60.3. The van der Waals surface area contributed by atoms with Crippen molar-refractivity contribution in [2.24, 2.45) is 0 Å². The van der Waals surface area contributed by atoms with Crippen molar-refractivity contribution in [2.45, 2.75) is 64.2 Å². The van der Waals surface area contributed by atoms with E-state index in [9.17, 15) is 19.2 Å². The van der Waals surface area contributed by atoms with Gasteiger partial charge in [-0.3, -0.25) is 19.2 Å². The van der Waals surface area contributed by atoms with Gasteiger partial charge in [0.1, 0.15) is 0 Å². The quantitative estimate of drug-likeness (QED) is 0.162. The van der Waals surface area contributed by atoms with Crippen molar-refractivity contribution in [3.05, 3.63) is 154 Å². The first-order valence-electron chi connectivity index (χ1n) is 19.1. The maximum atomic E-state index is 14.5. The molecule has 0 unspecified atom stereocenters. The van der Waals surface area contributed by atoms with E-state index in [1.165, 1.54) is 32.1 Å². The summed E-state index contributed by atoms with van der Waals surface area (Å²) in [5.74, 6) is -1.88. The summed E-state index contributed by atoms with van der Waals surface area (Å²) in [5.41, 5.74) is 11.1. The highest BCUT2D eigenvalue weighted by molar-refractivity contribution is 6.42. The number of hydrogen-bond acceptors (Lipinski definition) is 4. The molecule has 2 aliphatic carbocycles. The van der Waals surface area contributed by atoms with Crippen LogP contribution in [0.4, 0.5) is 11.4 Å². The molecule has 264 valence electrons. The van der Waals surface area contributed by atoms with Gasteiger partial charge in [-0.2, -0.15) is 0 Å². The lowest BCUT2D eigenvalue weighted by atomic mass is 9.74. The molecule has 2 aliphatic heterocycles. The lowest BCUT2D eigenvalue weighted by Gasteiger charge is -2.34. The van der Waals surface area contributed by atoms with Crippen molar-refractivity contribution in [1.82, 2.24) is 0 Å². The molecule has 0 bridgehead atoms. The second kappa shape index (κ2) is 11.2. The van der Waals surface area contributed by atoms with Gasteiger partial charge in [0.2, 0.25) is 0 Å². The number of fused-ring (bicyclic) bond motifs is 6. The second-order valence-electron chi connectivity index (χ2n) is 15.1. The van der Waals surface area contributed by atoms with Crippen molar-refractivity contribution >= 4 is 45.8 Å². The molecular formula is C48H38N2O4. The fourth-order valence-corrected chi connectivity index (χ4v) is 10.5. The largest absolute Gasteiger partial charge is 0.268 e. The monoisotopic (exact) mass is 706 g/mol. The first-order chi connectivity index (χ1) is 26.2. The number of carbonyl (C=O) groups is 4. The molecule has 10 rings (SSSR count). The highest BCUT2D eigenvalue weighted by Gasteiger charge is 2.45. The number of benzene rings is 6. The molecule has 6 aromatic carbocycles. The van der Waals surface area contributed by atoms with Crippen molar-refractivity contribution in [2.75, 3.05) is 9.80 Å². The number of rotatable bonds is 6. The summed E-state index contributed by atoms with van der Waals surface area (Å²) < 4.78 is 0. The SMILES string of the molecule is CCC1(CC)c2ccccc2-c2ccc(N3C(=O)c4ccc5c6c(ccc(c46)C3=O)C(=O)N(c3ccc4c(c3)C(CC)(CC)c3ccccc3-4)C5=O)cc21. The average molecular weight is 707 g/mol. The number of amides is 4. The molecule has 0 saturated carbocycles. The van der Waals surface area contributed by atoms with E-state index < -0.39 is 23.6 Å². The van der Waals surface area contributed by atoms with E-state index in [-0.39, 0.29) is 10.8 Å². The molecule has 2 heterocycles. The van der Waals surface area contributed by atoms with E-state index in [4.69, 9.17) is 0 Å². The van der Waals surface area contributed by atoms with Crippen LogP contribution < -0.4 is 9.80 Å². The standard InChI is InChI=1S/C48H38N2O4/c1-5-47(6-2)37-15-11-9-13-29(37)31-19-17-27(25-39(31)47)49-43(51)33-21-23-35-42-36(24-22-34(41(33)42)44(49)52)46(54)50(45(35)53)28-18-20-32-30-14-10-12-16-38(30)48(7-3,8-4)40(32)26-28/h9-26H,5-8H2,1-4H3. The van der Waals surface area contributed by atoms with Crippen LogP contribution in [0.3, 0.4) is 0 Å². The van der Waals surface area contributed by atoms with Crippen LogP contribution in [-0.4, -0.2) is 23.6 Å². The summed E-state index contributed by atoms with van der Waals surface area (Å²) >= 11 is 0. The molecule has 4 aliphatic rings. The van der Waals surface area contributed by atoms with Crippen LogP contribution in [0.2, 0.25) is 0 Å². The average Bonchev–Trinajstić information content (AvgIpc) is 3.65. The summed E-state index contributed by atoms with van der Waals surface area (Å²) in [6, 6.07) is 35.3. The minimum atomic E-state index is -0.471. The Hall–Kier alpha value is -6.14. The fourth-order valence-electron chi connectivity index (χ4n) is 10.5. The molecule has 54 heavy (non-hydrogen) atoms. The molecule has 0 saturated heterocycles. The van der Waals surface area contributed by atoms with E-state index in [1.54, 1.807) is 24.3 Å². The van der Waals surface area contributed by atoms with E-state index in [2.05, 4.69) is 64.1 Å². The van der Waals surface area contributed by atoms with Gasteiger partial charge in [0.15, 0.2) is 0 Å². The summed E-state index contributed by atoms with van der Waals surface area (Å²) in [6.45, 7) is 8.75. The van der Waals surface area contributed by atoms with E-state index in [0.29, 0.717) is 44.4 Å². The third-order valence-electron chi connectivity index (χ3n) is 13.3. The smallest absolute Gasteiger partial charge is 0.265 e. The molecule has 0 radical (unpaired) electrons. The van der Waals surface area contributed by atoms with Gasteiger partial charge in [-0.25, -0.2) is 9.80 Å². The molecule has 6 nitrogen and oxygen atoms in total. The van der Waals surface area contributed by atoms with Crippen molar-refractivity contribution < 1.29 is 19.2 Å². The molecule has 0 aromatic heterocycles. The number of anilines is 2. The third-order valence-corrected chi connectivity index (χ3v) is 13.3. The van der Waals surface area contributed by atoms with Crippen LogP contribution in [-0.2, 0) is 10.8 Å². The topological polar surface area (TPSA) is 74.8 Å². The van der Waals surface area contributed by atoms with Gasteiger partial charge < -0.3 is 0 Å². The number of hydrogen-bond donors (Lipinski definition) is 0. The van der Waals surface area contributed by atoms with Crippen LogP contribution in [0.15, 0.2) is 109 Å². The Kier molecular flexibility index (Phi) is 6.73. The van der Waals surface area contributed by atoms with Gasteiger partial charge >= 0.3 is 0 Å². The highest BCUT2D eigenvalue weighted by Crippen LogP contribution is 2.55. The van der Waals surface area contributed by atoms with E-state index in [1.807, 2.05) is 48.5 Å². The number of nitrogens with zero attached hydrogens (tertiary/aromatic N) is 2. The number of carbonyl (C=O) groups excluding carboxylic acids is 4. The van der Waals surface area contributed by atoms with Gasteiger partial charge in [0, 0.05) is 43.9 Å². The van der Waals surface area contributed by atoms with Crippen molar-refractivity contribution in [3.8, 4) is 22.3 Å². The minimum absolute atomic E-state index is 0.230. The molecule has 6 heteroatoms. The molecule has 0 spiro atoms. The van der Waals surface area contributed by atoms with Crippen LogP contribution in [0, 0.1) is 0 Å². The van der Waals surface area contributed by atoms with Crippen LogP contribution in [0.1, 0.15) is 117 Å². The Morgan fingerprint density at radius 2 is 0.667 bits per heavy atom. The van der Waals surface area contributed by atoms with Gasteiger partial charge in [-0.05, 0) is 119 Å². The van der Waals surface area contributed by atoms with Crippen LogP contribution in [0.25, 0.3) is 33.0 Å². The Labute approximate surface area is 314 Å². The second-order valence-corrected chi connectivity index (χ2v) is 15.1. The van der Waals surface area contributed by atoms with Crippen LogP contribution in [0.5, 0.6) is 0 Å². The predicted octanol–water partition coefficient (Wildman–Crippen LogP) is 10.6. The molecule has 0 fully saturated rings. The summed E-state index contributed by atoms with van der Waals surface area (Å²) in [7, 11) is 0. The Bertz CT molecular complexity index is 2460. The zero-order valence-corrected chi connectivity index (χ0v) is 30.7. The first-order valence-corrected chi connectivity index (χ1v) is 19.1. The zero-order chi connectivity index (χ0) is 37.3. The molecule has 6 aromatic rings. The number of imide groups is 2. The lowest BCUT2D eigenvalue weighted by Crippen LogP contribution is -2.43. The zero-order valence-electron chi connectivity index (χ0n) is 30.7. The van der Waals surface area contributed by atoms with Crippen molar-refractivity contribution in [1.29, 1.82) is 0 Å². The molecule has 0 atom stereocenters. The molecular weight excluding hydrogens is 669 g/mol. The van der Waals surface area contributed by atoms with E-state index >= 15 is 0 Å². The Balaban J connectivity index is 1.06. The Morgan fingerprint density at radius 3 is 1.00 bits per heavy atom. The predicted molar refractivity (Wildman–Crippen MR) is 213 cm³/mol.